The third kappa shape index (κ3) is 6.24. The van der Waals surface area contributed by atoms with E-state index in [0.717, 1.165) is 11.3 Å². The lowest BCUT2D eigenvalue weighted by Crippen LogP contribution is -2.42. The Bertz CT molecular complexity index is 1260. The average molecular weight is 507 g/mol. The van der Waals surface area contributed by atoms with E-state index in [1.807, 2.05) is 37.3 Å². The van der Waals surface area contributed by atoms with Gasteiger partial charge in [0, 0.05) is 24.7 Å². The molecule has 0 fully saturated rings. The van der Waals surface area contributed by atoms with E-state index in [1.165, 1.54) is 19.1 Å². The molecule has 1 aliphatic rings. The first-order valence-corrected chi connectivity index (χ1v) is 11.7. The predicted molar refractivity (Wildman–Crippen MR) is 136 cm³/mol. The molecule has 9 heteroatoms. The van der Waals surface area contributed by atoms with Crippen molar-refractivity contribution in [3.8, 4) is 23.0 Å². The Morgan fingerprint density at radius 1 is 0.946 bits per heavy atom. The fourth-order valence-corrected chi connectivity index (χ4v) is 4.00. The number of benzene rings is 2. The Morgan fingerprint density at radius 2 is 1.68 bits per heavy atom. The van der Waals surface area contributed by atoms with Crippen molar-refractivity contribution in [2.24, 2.45) is 0 Å². The van der Waals surface area contributed by atoms with E-state index in [1.54, 1.807) is 29.2 Å². The molecule has 2 aromatic carbocycles. The van der Waals surface area contributed by atoms with Gasteiger partial charge in [0.25, 0.3) is 5.91 Å². The van der Waals surface area contributed by atoms with Crippen molar-refractivity contribution >= 4 is 11.8 Å². The number of carbonyl (C=O) groups is 2. The highest BCUT2D eigenvalue weighted by Gasteiger charge is 2.24. The maximum atomic E-state index is 13.6. The Labute approximate surface area is 215 Å². The van der Waals surface area contributed by atoms with Gasteiger partial charge in [-0.3, -0.25) is 9.59 Å². The van der Waals surface area contributed by atoms with Crippen molar-refractivity contribution < 1.29 is 33.0 Å². The van der Waals surface area contributed by atoms with Crippen LogP contribution in [-0.4, -0.2) is 55.7 Å². The van der Waals surface area contributed by atoms with Crippen LogP contribution in [-0.2, 0) is 17.9 Å². The van der Waals surface area contributed by atoms with Gasteiger partial charge in [0.15, 0.2) is 11.5 Å². The number of hydrogen-bond acceptors (Lipinski definition) is 7. The summed E-state index contributed by atoms with van der Waals surface area (Å²) in [7, 11) is 3.02. The van der Waals surface area contributed by atoms with E-state index in [9.17, 15) is 9.59 Å². The molecule has 0 atom stereocenters. The minimum Gasteiger partial charge on any atom is -0.497 e. The quantitative estimate of drug-likeness (QED) is 0.360. The smallest absolute Gasteiger partial charge is 0.254 e. The summed E-state index contributed by atoms with van der Waals surface area (Å²) in [5.74, 6) is 3.05. The van der Waals surface area contributed by atoms with Crippen molar-refractivity contribution in [1.29, 1.82) is 0 Å². The molecule has 0 saturated carbocycles. The summed E-state index contributed by atoms with van der Waals surface area (Å²) < 4.78 is 27.2. The Kier molecular flexibility index (Phi) is 8.02. The Hall–Kier alpha value is -4.40. The molecule has 0 bridgehead atoms. The molecule has 194 valence electrons. The molecule has 0 aliphatic carbocycles. The van der Waals surface area contributed by atoms with Gasteiger partial charge in [-0.25, -0.2) is 0 Å². The largest absolute Gasteiger partial charge is 0.497 e. The Morgan fingerprint density at radius 3 is 2.32 bits per heavy atom. The van der Waals surface area contributed by atoms with Gasteiger partial charge in [-0.15, -0.1) is 6.58 Å². The monoisotopic (exact) mass is 506 g/mol. The number of fused-ring (bicyclic) bond motifs is 1. The summed E-state index contributed by atoms with van der Waals surface area (Å²) >= 11 is 0. The minimum absolute atomic E-state index is 0.158. The van der Waals surface area contributed by atoms with E-state index >= 15 is 0 Å². The summed E-state index contributed by atoms with van der Waals surface area (Å²) in [6.45, 7) is 6.33. The van der Waals surface area contributed by atoms with Gasteiger partial charge in [-0.05, 0) is 48.9 Å². The molecular weight excluding hydrogens is 476 g/mol. The molecular formula is C28H30N2O7. The highest BCUT2D eigenvalue weighted by molar-refractivity contribution is 5.97. The highest BCUT2D eigenvalue weighted by atomic mass is 16.7. The van der Waals surface area contributed by atoms with Crippen LogP contribution in [0.3, 0.4) is 0 Å². The van der Waals surface area contributed by atoms with Crippen molar-refractivity contribution in [1.82, 2.24) is 9.80 Å². The third-order valence-corrected chi connectivity index (χ3v) is 5.87. The highest BCUT2D eigenvalue weighted by Crippen LogP contribution is 2.33. The van der Waals surface area contributed by atoms with Gasteiger partial charge >= 0.3 is 0 Å². The van der Waals surface area contributed by atoms with E-state index < -0.39 is 0 Å². The van der Waals surface area contributed by atoms with Crippen LogP contribution in [0, 0.1) is 6.92 Å². The standard InChI is InChI=1S/C28H30N2O7/c1-5-10-29(28(32)21-12-23(33-3)14-24(13-21)34-4)17-27(31)30(16-22-8-6-19(2)37-22)15-20-7-9-25-26(11-20)36-18-35-25/h5-9,11-14H,1,10,15-18H2,2-4H3. The summed E-state index contributed by atoms with van der Waals surface area (Å²) in [5.41, 5.74) is 1.20. The molecule has 0 spiro atoms. The molecule has 2 amide bonds. The molecule has 0 radical (unpaired) electrons. The first-order valence-electron chi connectivity index (χ1n) is 11.7. The fourth-order valence-electron chi connectivity index (χ4n) is 4.00. The zero-order valence-corrected chi connectivity index (χ0v) is 21.2. The second-order valence-corrected chi connectivity index (χ2v) is 8.53. The average Bonchev–Trinajstić information content (AvgIpc) is 3.55. The summed E-state index contributed by atoms with van der Waals surface area (Å²) in [4.78, 5) is 30.1. The van der Waals surface area contributed by atoms with Crippen LogP contribution < -0.4 is 18.9 Å². The molecule has 0 unspecified atom stereocenters. The van der Waals surface area contributed by atoms with Crippen molar-refractivity contribution in [2.75, 3.05) is 34.1 Å². The zero-order chi connectivity index (χ0) is 26.4. The minimum atomic E-state index is -0.345. The number of amides is 2. The lowest BCUT2D eigenvalue weighted by atomic mass is 10.1. The van der Waals surface area contributed by atoms with Gasteiger partial charge in [-0.1, -0.05) is 12.1 Å². The molecule has 2 heterocycles. The first kappa shape index (κ1) is 25.7. The number of carbonyl (C=O) groups excluding carboxylic acids is 2. The van der Waals surface area contributed by atoms with Crippen molar-refractivity contribution in [3.63, 3.8) is 0 Å². The van der Waals surface area contributed by atoms with Crippen molar-refractivity contribution in [2.45, 2.75) is 20.0 Å². The van der Waals surface area contributed by atoms with Gasteiger partial charge in [0.1, 0.15) is 29.6 Å². The van der Waals surface area contributed by atoms with E-state index in [-0.39, 0.29) is 38.2 Å². The topological polar surface area (TPSA) is 90.7 Å². The van der Waals surface area contributed by atoms with Crippen LogP contribution in [0.5, 0.6) is 23.0 Å². The summed E-state index contributed by atoms with van der Waals surface area (Å²) in [5, 5.41) is 0. The zero-order valence-electron chi connectivity index (χ0n) is 21.2. The molecule has 1 aliphatic heterocycles. The van der Waals surface area contributed by atoms with Crippen LogP contribution in [0.4, 0.5) is 0 Å². The number of rotatable bonds is 11. The van der Waals surface area contributed by atoms with E-state index in [4.69, 9.17) is 23.4 Å². The lowest BCUT2D eigenvalue weighted by molar-refractivity contribution is -0.133. The fraction of sp³-hybridized carbons (Fsp3) is 0.286. The Balaban J connectivity index is 1.57. The van der Waals surface area contributed by atoms with Crippen LogP contribution in [0.1, 0.15) is 27.4 Å². The number of methoxy groups -OCH3 is 2. The summed E-state index contributed by atoms with van der Waals surface area (Å²) in [6.07, 6.45) is 1.58. The van der Waals surface area contributed by atoms with Gasteiger partial charge < -0.3 is 33.2 Å². The lowest BCUT2D eigenvalue weighted by Gasteiger charge is -2.27. The predicted octanol–water partition coefficient (Wildman–Crippen LogP) is 4.19. The molecule has 0 saturated heterocycles. The van der Waals surface area contributed by atoms with Gasteiger partial charge in [0.2, 0.25) is 12.7 Å². The number of ether oxygens (including phenoxy) is 4. The second kappa shape index (κ2) is 11.6. The number of nitrogens with zero attached hydrogens (tertiary/aromatic N) is 2. The van der Waals surface area contributed by atoms with Crippen LogP contribution >= 0.6 is 0 Å². The first-order chi connectivity index (χ1) is 17.9. The van der Waals surface area contributed by atoms with Crippen LogP contribution in [0.15, 0.2) is 65.6 Å². The molecule has 0 N–H and O–H groups in total. The molecule has 1 aromatic heterocycles. The van der Waals surface area contributed by atoms with Crippen LogP contribution in [0.25, 0.3) is 0 Å². The summed E-state index contributed by atoms with van der Waals surface area (Å²) in [6, 6.07) is 14.1. The normalized spacial score (nSPS) is 11.6. The second-order valence-electron chi connectivity index (χ2n) is 8.53. The van der Waals surface area contributed by atoms with E-state index in [2.05, 4.69) is 6.58 Å². The third-order valence-electron chi connectivity index (χ3n) is 5.87. The number of hydrogen-bond donors (Lipinski definition) is 0. The number of furan rings is 1. The maximum absolute atomic E-state index is 13.6. The van der Waals surface area contributed by atoms with Crippen molar-refractivity contribution in [3.05, 3.63) is 83.8 Å². The van der Waals surface area contributed by atoms with Crippen LogP contribution in [0.2, 0.25) is 0 Å². The molecule has 3 aromatic rings. The molecule has 4 rings (SSSR count). The maximum Gasteiger partial charge on any atom is 0.254 e. The van der Waals surface area contributed by atoms with Gasteiger partial charge in [0.05, 0.1) is 20.8 Å². The SMILES string of the molecule is C=CCN(CC(=O)N(Cc1ccc2c(c1)OCO2)Cc1ccc(C)o1)C(=O)c1cc(OC)cc(OC)c1. The molecule has 37 heavy (non-hydrogen) atoms. The number of aryl methyl sites for hydroxylation is 1. The molecule has 9 nitrogen and oxygen atoms in total. The van der Waals surface area contributed by atoms with E-state index in [0.29, 0.717) is 40.9 Å². The van der Waals surface area contributed by atoms with Gasteiger partial charge in [-0.2, -0.15) is 0 Å².